The predicted octanol–water partition coefficient (Wildman–Crippen LogP) is 1.98. The van der Waals surface area contributed by atoms with E-state index in [4.69, 9.17) is 9.84 Å². The first-order valence-corrected chi connectivity index (χ1v) is 6.79. The molecule has 108 valence electrons. The summed E-state index contributed by atoms with van der Waals surface area (Å²) in [5, 5.41) is 9.01. The summed E-state index contributed by atoms with van der Waals surface area (Å²) in [6, 6.07) is 7.25. The first-order valence-electron chi connectivity index (χ1n) is 6.79. The van der Waals surface area contributed by atoms with Gasteiger partial charge in [-0.2, -0.15) is 0 Å². The summed E-state index contributed by atoms with van der Waals surface area (Å²) in [6.45, 7) is 2.16. The minimum atomic E-state index is -1.03. The van der Waals surface area contributed by atoms with Gasteiger partial charge in [-0.15, -0.1) is 0 Å². The molecule has 1 unspecified atom stereocenters. The minimum Gasteiger partial charge on any atom is -0.480 e. The standard InChI is InChI=1S/C15H19NO4/c1-11-5-7-12(8-6-11)16(10-14(17)18)15(19)13-4-2-3-9-20-13/h5-8,13H,2-4,9-10H2,1H3,(H,17,18). The summed E-state index contributed by atoms with van der Waals surface area (Å²) in [5.74, 6) is -1.30. The van der Waals surface area contributed by atoms with E-state index in [1.807, 2.05) is 19.1 Å². The van der Waals surface area contributed by atoms with Crippen molar-refractivity contribution in [1.82, 2.24) is 0 Å². The Kier molecular flexibility index (Phi) is 4.74. The molecule has 2 rings (SSSR count). The van der Waals surface area contributed by atoms with Crippen LogP contribution in [0.2, 0.25) is 0 Å². The number of ether oxygens (including phenoxy) is 1. The fourth-order valence-electron chi connectivity index (χ4n) is 2.27. The molecule has 20 heavy (non-hydrogen) atoms. The molecule has 5 nitrogen and oxygen atoms in total. The average molecular weight is 277 g/mol. The maximum absolute atomic E-state index is 12.5. The highest BCUT2D eigenvalue weighted by molar-refractivity contribution is 6.00. The SMILES string of the molecule is Cc1ccc(N(CC(=O)O)C(=O)C2CCCCO2)cc1. The van der Waals surface area contributed by atoms with Crippen molar-refractivity contribution in [2.75, 3.05) is 18.1 Å². The third kappa shape index (κ3) is 3.57. The second kappa shape index (κ2) is 6.52. The van der Waals surface area contributed by atoms with Crippen LogP contribution in [0.4, 0.5) is 5.69 Å². The summed E-state index contributed by atoms with van der Waals surface area (Å²) >= 11 is 0. The topological polar surface area (TPSA) is 66.8 Å². The number of aliphatic carboxylic acids is 1. The largest absolute Gasteiger partial charge is 0.480 e. The van der Waals surface area contributed by atoms with E-state index in [9.17, 15) is 9.59 Å². The monoisotopic (exact) mass is 277 g/mol. The Balaban J connectivity index is 2.19. The Morgan fingerprint density at radius 2 is 2.00 bits per heavy atom. The number of anilines is 1. The molecule has 0 saturated carbocycles. The molecule has 1 fully saturated rings. The lowest BCUT2D eigenvalue weighted by Gasteiger charge is -2.28. The number of carbonyl (C=O) groups is 2. The van der Waals surface area contributed by atoms with E-state index >= 15 is 0 Å². The average Bonchev–Trinajstić information content (AvgIpc) is 2.46. The van der Waals surface area contributed by atoms with E-state index in [1.165, 1.54) is 4.90 Å². The van der Waals surface area contributed by atoms with Crippen molar-refractivity contribution in [3.63, 3.8) is 0 Å². The van der Waals surface area contributed by atoms with Crippen LogP contribution in [0.25, 0.3) is 0 Å². The quantitative estimate of drug-likeness (QED) is 0.914. The molecule has 0 radical (unpaired) electrons. The number of benzene rings is 1. The molecule has 1 N–H and O–H groups in total. The maximum Gasteiger partial charge on any atom is 0.323 e. The lowest BCUT2D eigenvalue weighted by Crippen LogP contribution is -2.44. The molecule has 0 aromatic heterocycles. The highest BCUT2D eigenvalue weighted by atomic mass is 16.5. The fourth-order valence-corrected chi connectivity index (χ4v) is 2.27. The molecule has 1 atom stereocenters. The highest BCUT2D eigenvalue weighted by Crippen LogP contribution is 2.20. The van der Waals surface area contributed by atoms with Crippen LogP contribution >= 0.6 is 0 Å². The van der Waals surface area contributed by atoms with Crippen molar-refractivity contribution in [1.29, 1.82) is 0 Å². The maximum atomic E-state index is 12.5. The summed E-state index contributed by atoms with van der Waals surface area (Å²) in [7, 11) is 0. The van der Waals surface area contributed by atoms with Crippen molar-refractivity contribution < 1.29 is 19.4 Å². The Morgan fingerprint density at radius 1 is 1.30 bits per heavy atom. The molecule has 1 heterocycles. The van der Waals surface area contributed by atoms with Gasteiger partial charge in [0.2, 0.25) is 0 Å². The summed E-state index contributed by atoms with van der Waals surface area (Å²) < 4.78 is 5.46. The van der Waals surface area contributed by atoms with Gasteiger partial charge >= 0.3 is 5.97 Å². The van der Waals surface area contributed by atoms with Crippen molar-refractivity contribution in [3.05, 3.63) is 29.8 Å². The third-order valence-corrected chi connectivity index (χ3v) is 3.36. The van der Waals surface area contributed by atoms with Crippen LogP contribution in [-0.2, 0) is 14.3 Å². The van der Waals surface area contributed by atoms with E-state index in [-0.39, 0.29) is 12.5 Å². The molecular formula is C15H19NO4. The van der Waals surface area contributed by atoms with Gasteiger partial charge in [-0.3, -0.25) is 14.5 Å². The van der Waals surface area contributed by atoms with E-state index in [0.29, 0.717) is 18.7 Å². The lowest BCUT2D eigenvalue weighted by molar-refractivity contribution is -0.139. The molecule has 1 aromatic carbocycles. The molecular weight excluding hydrogens is 258 g/mol. The molecule has 1 aliphatic heterocycles. The molecule has 0 aliphatic carbocycles. The Hall–Kier alpha value is -1.88. The van der Waals surface area contributed by atoms with Gasteiger partial charge in [0.25, 0.3) is 5.91 Å². The molecule has 0 bridgehead atoms. The van der Waals surface area contributed by atoms with E-state index in [1.54, 1.807) is 12.1 Å². The molecule has 0 spiro atoms. The highest BCUT2D eigenvalue weighted by Gasteiger charge is 2.29. The smallest absolute Gasteiger partial charge is 0.323 e. The molecule has 5 heteroatoms. The predicted molar refractivity (Wildman–Crippen MR) is 74.8 cm³/mol. The summed E-state index contributed by atoms with van der Waals surface area (Å²) in [4.78, 5) is 24.7. The van der Waals surface area contributed by atoms with Gasteiger partial charge in [-0.25, -0.2) is 0 Å². The number of aryl methyl sites for hydroxylation is 1. The third-order valence-electron chi connectivity index (χ3n) is 3.36. The van der Waals surface area contributed by atoms with Gasteiger partial charge in [0.15, 0.2) is 0 Å². The van der Waals surface area contributed by atoms with Gasteiger partial charge in [-0.1, -0.05) is 17.7 Å². The first kappa shape index (κ1) is 14.5. The first-order chi connectivity index (χ1) is 9.58. The zero-order valence-electron chi connectivity index (χ0n) is 11.5. The Bertz CT molecular complexity index is 477. The second-order valence-corrected chi connectivity index (χ2v) is 5.01. The molecule has 1 amide bonds. The second-order valence-electron chi connectivity index (χ2n) is 5.01. The Morgan fingerprint density at radius 3 is 2.55 bits per heavy atom. The van der Waals surface area contributed by atoms with Crippen LogP contribution in [-0.4, -0.2) is 36.2 Å². The zero-order valence-corrected chi connectivity index (χ0v) is 11.5. The zero-order chi connectivity index (χ0) is 14.5. The van der Waals surface area contributed by atoms with Crippen LogP contribution in [0.15, 0.2) is 24.3 Å². The van der Waals surface area contributed by atoms with E-state index in [0.717, 1.165) is 18.4 Å². The van der Waals surface area contributed by atoms with Gasteiger partial charge in [0.05, 0.1) is 0 Å². The van der Waals surface area contributed by atoms with Gasteiger partial charge in [0.1, 0.15) is 12.6 Å². The van der Waals surface area contributed by atoms with E-state index in [2.05, 4.69) is 0 Å². The van der Waals surface area contributed by atoms with Crippen molar-refractivity contribution in [2.45, 2.75) is 32.3 Å². The normalized spacial score (nSPS) is 18.6. The van der Waals surface area contributed by atoms with Gasteiger partial charge in [-0.05, 0) is 38.3 Å². The number of carboxylic acids is 1. The van der Waals surface area contributed by atoms with Gasteiger partial charge < -0.3 is 9.84 Å². The van der Waals surface area contributed by atoms with Crippen molar-refractivity contribution in [3.8, 4) is 0 Å². The van der Waals surface area contributed by atoms with Crippen molar-refractivity contribution >= 4 is 17.6 Å². The summed E-state index contributed by atoms with van der Waals surface area (Å²) in [5.41, 5.74) is 1.66. The molecule has 1 aromatic rings. The van der Waals surface area contributed by atoms with Gasteiger partial charge in [0, 0.05) is 12.3 Å². The van der Waals surface area contributed by atoms with E-state index < -0.39 is 12.1 Å². The number of hydrogen-bond acceptors (Lipinski definition) is 3. The van der Waals surface area contributed by atoms with Crippen LogP contribution in [0.3, 0.4) is 0 Å². The fraction of sp³-hybridized carbons (Fsp3) is 0.467. The lowest BCUT2D eigenvalue weighted by atomic mass is 10.1. The van der Waals surface area contributed by atoms with Crippen LogP contribution in [0, 0.1) is 6.92 Å². The number of hydrogen-bond donors (Lipinski definition) is 1. The number of rotatable bonds is 4. The molecule has 1 aliphatic rings. The van der Waals surface area contributed by atoms with Crippen molar-refractivity contribution in [2.24, 2.45) is 0 Å². The number of carboxylic acid groups (broad SMARTS) is 1. The van der Waals surface area contributed by atoms with Crippen LogP contribution < -0.4 is 4.90 Å². The summed E-state index contributed by atoms with van der Waals surface area (Å²) in [6.07, 6.45) is 2.02. The number of carbonyl (C=O) groups excluding carboxylic acids is 1. The minimum absolute atomic E-state index is 0.268. The molecule has 1 saturated heterocycles. The number of amides is 1. The number of nitrogens with zero attached hydrogens (tertiary/aromatic N) is 1. The van der Waals surface area contributed by atoms with Crippen LogP contribution in [0.1, 0.15) is 24.8 Å². The van der Waals surface area contributed by atoms with Crippen LogP contribution in [0.5, 0.6) is 0 Å². The Labute approximate surface area is 118 Å².